The molecule has 0 unspecified atom stereocenters. The number of hydrogen-bond donors (Lipinski definition) is 6. The summed E-state index contributed by atoms with van der Waals surface area (Å²) in [5.74, 6) is -3.33. The van der Waals surface area contributed by atoms with Crippen LogP contribution in [0.1, 0.15) is 27.7 Å². The van der Waals surface area contributed by atoms with E-state index in [0.29, 0.717) is 0 Å². The standard InChI is InChI=1S/4C2H4O2.CH6N2.Na/c4*1-2(3)4;2-1-3;/h4*1H3,(H,3,4);1-3H2;. The Kier molecular flexibility index (Phi) is 65.6. The van der Waals surface area contributed by atoms with Gasteiger partial charge in [-0.15, -0.1) is 0 Å². The van der Waals surface area contributed by atoms with E-state index in [1.807, 2.05) is 0 Å². The van der Waals surface area contributed by atoms with Crippen LogP contribution in [0.15, 0.2) is 0 Å². The molecule has 0 bridgehead atoms. The van der Waals surface area contributed by atoms with Crippen LogP contribution in [0.25, 0.3) is 0 Å². The van der Waals surface area contributed by atoms with Crippen LogP contribution >= 0.6 is 0 Å². The van der Waals surface area contributed by atoms with E-state index >= 15 is 0 Å². The second-order valence-corrected chi connectivity index (χ2v) is 2.31. The molecule has 0 aliphatic carbocycles. The average molecular weight is 309 g/mol. The topological polar surface area (TPSA) is 201 Å². The molecule has 1 radical (unpaired) electrons. The summed E-state index contributed by atoms with van der Waals surface area (Å²) in [6.07, 6.45) is 0. The largest absolute Gasteiger partial charge is 0.481 e. The van der Waals surface area contributed by atoms with Gasteiger partial charge < -0.3 is 31.9 Å². The van der Waals surface area contributed by atoms with Crippen LogP contribution < -0.4 is 11.5 Å². The van der Waals surface area contributed by atoms with Crippen molar-refractivity contribution in [3.8, 4) is 0 Å². The molecule has 0 atom stereocenters. The van der Waals surface area contributed by atoms with E-state index in [4.69, 9.17) is 39.6 Å². The smallest absolute Gasteiger partial charge is 0.300 e. The molecule has 20 heavy (non-hydrogen) atoms. The van der Waals surface area contributed by atoms with Crippen molar-refractivity contribution < 1.29 is 39.6 Å². The summed E-state index contributed by atoms with van der Waals surface area (Å²) < 4.78 is 0. The van der Waals surface area contributed by atoms with E-state index in [1.165, 1.54) is 0 Å². The number of carboxylic acids is 4. The number of nitrogens with two attached hydrogens (primary N) is 2. The second kappa shape index (κ2) is 36.1. The fourth-order valence-electron chi connectivity index (χ4n) is 0. The molecule has 0 saturated heterocycles. The molecule has 0 aromatic rings. The zero-order valence-corrected chi connectivity index (χ0v) is 14.3. The monoisotopic (exact) mass is 309 g/mol. The zero-order chi connectivity index (χ0) is 17.0. The summed E-state index contributed by atoms with van der Waals surface area (Å²) >= 11 is 0. The van der Waals surface area contributed by atoms with Crippen LogP contribution in [0.4, 0.5) is 0 Å². The van der Waals surface area contributed by atoms with Crippen molar-refractivity contribution in [3.05, 3.63) is 0 Å². The molecule has 0 fully saturated rings. The molecule has 11 heteroatoms. The average Bonchev–Trinajstić information content (AvgIpc) is 1.97. The van der Waals surface area contributed by atoms with E-state index in [9.17, 15) is 0 Å². The van der Waals surface area contributed by atoms with Crippen molar-refractivity contribution >= 4 is 53.4 Å². The van der Waals surface area contributed by atoms with Gasteiger partial charge in [0.05, 0.1) is 0 Å². The molecule has 0 heterocycles. The van der Waals surface area contributed by atoms with Crippen LogP contribution in [0.2, 0.25) is 0 Å². The first-order valence-corrected chi connectivity index (χ1v) is 4.53. The first-order chi connectivity index (χ1) is 8.34. The maximum Gasteiger partial charge on any atom is 0.300 e. The van der Waals surface area contributed by atoms with Crippen LogP contribution in [0.3, 0.4) is 0 Å². The Morgan fingerprint density at radius 3 is 0.650 bits per heavy atom. The van der Waals surface area contributed by atoms with E-state index in [-0.39, 0.29) is 36.2 Å². The fourth-order valence-corrected chi connectivity index (χ4v) is 0. The van der Waals surface area contributed by atoms with Gasteiger partial charge in [0.15, 0.2) is 0 Å². The Hall–Kier alpha value is -1.20. The van der Waals surface area contributed by atoms with Gasteiger partial charge in [0, 0.05) is 63.9 Å². The molecule has 0 aliphatic rings. The van der Waals surface area contributed by atoms with Gasteiger partial charge in [0.2, 0.25) is 0 Å². The van der Waals surface area contributed by atoms with Crippen molar-refractivity contribution in [1.29, 1.82) is 0 Å². The predicted octanol–water partition coefficient (Wildman–Crippen LogP) is -1.16. The van der Waals surface area contributed by atoms with Gasteiger partial charge in [0.1, 0.15) is 0 Å². The molecule has 0 rings (SSSR count). The fraction of sp³-hybridized carbons (Fsp3) is 0.556. The predicted molar refractivity (Wildman–Crippen MR) is 72.2 cm³/mol. The Bertz CT molecular complexity index is 184. The summed E-state index contributed by atoms with van der Waals surface area (Å²) in [6, 6.07) is 0. The van der Waals surface area contributed by atoms with E-state index in [1.54, 1.807) is 0 Å². The van der Waals surface area contributed by atoms with Crippen LogP contribution in [-0.4, -0.2) is 80.5 Å². The maximum absolute atomic E-state index is 9.00. The third-order valence-corrected chi connectivity index (χ3v) is 0. The summed E-state index contributed by atoms with van der Waals surface area (Å²) in [5.41, 5.74) is 9.25. The minimum absolute atomic E-state index is 0. The Morgan fingerprint density at radius 1 is 0.650 bits per heavy atom. The number of hydrogen-bond acceptors (Lipinski definition) is 6. The van der Waals surface area contributed by atoms with Crippen LogP contribution in [-0.2, 0) is 19.2 Å². The molecule has 0 amide bonds. The van der Waals surface area contributed by atoms with Gasteiger partial charge in [-0.2, -0.15) is 0 Å². The Morgan fingerprint density at radius 2 is 0.650 bits per heavy atom. The van der Waals surface area contributed by atoms with Crippen molar-refractivity contribution in [2.45, 2.75) is 27.7 Å². The molecule has 0 saturated carbocycles. The van der Waals surface area contributed by atoms with Gasteiger partial charge in [-0.05, 0) is 0 Å². The van der Waals surface area contributed by atoms with Crippen molar-refractivity contribution in [2.75, 3.05) is 6.67 Å². The van der Waals surface area contributed by atoms with Crippen molar-refractivity contribution in [2.24, 2.45) is 11.5 Å². The van der Waals surface area contributed by atoms with E-state index < -0.39 is 23.9 Å². The molecule has 0 aliphatic heterocycles. The van der Waals surface area contributed by atoms with E-state index in [2.05, 4.69) is 11.5 Å². The summed E-state index contributed by atoms with van der Waals surface area (Å²) in [6.45, 7) is 4.58. The summed E-state index contributed by atoms with van der Waals surface area (Å²) in [4.78, 5) is 36.0. The third kappa shape index (κ3) is 2910. The third-order valence-electron chi connectivity index (χ3n) is 0. The minimum atomic E-state index is -0.833. The van der Waals surface area contributed by atoms with Gasteiger partial charge in [0.25, 0.3) is 23.9 Å². The van der Waals surface area contributed by atoms with Gasteiger partial charge in [-0.3, -0.25) is 19.2 Å². The van der Waals surface area contributed by atoms with Gasteiger partial charge >= 0.3 is 0 Å². The Labute approximate surface area is 139 Å². The van der Waals surface area contributed by atoms with Gasteiger partial charge in [-0.25, -0.2) is 0 Å². The number of carboxylic acid groups (broad SMARTS) is 4. The first-order valence-electron chi connectivity index (χ1n) is 4.53. The summed E-state index contributed by atoms with van der Waals surface area (Å²) in [7, 11) is 0. The molecule has 0 aromatic carbocycles. The zero-order valence-electron chi connectivity index (χ0n) is 12.3. The molecular formula is C9H22N2NaO8. The molecular weight excluding hydrogens is 287 g/mol. The number of aliphatic carboxylic acids is 4. The first kappa shape index (κ1) is 36.4. The van der Waals surface area contributed by atoms with Crippen LogP contribution in [0.5, 0.6) is 0 Å². The summed E-state index contributed by atoms with van der Waals surface area (Å²) in [5, 5.41) is 29.7. The molecule has 117 valence electrons. The van der Waals surface area contributed by atoms with Crippen molar-refractivity contribution in [3.63, 3.8) is 0 Å². The molecule has 0 spiro atoms. The quantitative estimate of drug-likeness (QED) is 0.234. The molecule has 10 nitrogen and oxygen atoms in total. The Balaban J connectivity index is -0.0000000304. The molecule has 8 N–H and O–H groups in total. The van der Waals surface area contributed by atoms with Crippen LogP contribution in [0, 0.1) is 0 Å². The molecule has 0 aromatic heterocycles. The minimum Gasteiger partial charge on any atom is -0.481 e. The normalized spacial score (nSPS) is 5.90. The number of carbonyl (C=O) groups is 4. The second-order valence-electron chi connectivity index (χ2n) is 2.31. The van der Waals surface area contributed by atoms with E-state index in [0.717, 1.165) is 27.7 Å². The maximum atomic E-state index is 9.00. The SMILES string of the molecule is CC(=O)O.CC(=O)O.CC(=O)O.CC(=O)O.NCN.[Na]. The number of rotatable bonds is 0. The van der Waals surface area contributed by atoms with Gasteiger partial charge in [-0.1, -0.05) is 0 Å². The van der Waals surface area contributed by atoms with Crippen molar-refractivity contribution in [1.82, 2.24) is 0 Å².